The fraction of sp³-hybridized carbons (Fsp3) is 0.217. The third-order valence-corrected chi connectivity index (χ3v) is 9.06. The molecule has 6 heteroatoms. The summed E-state index contributed by atoms with van der Waals surface area (Å²) >= 11 is 1.74. The van der Waals surface area contributed by atoms with Crippen molar-refractivity contribution in [2.45, 2.75) is 65.5 Å². The van der Waals surface area contributed by atoms with Crippen LogP contribution in [0.15, 0.2) is 134 Å². The Bertz CT molecular complexity index is 2210. The first kappa shape index (κ1) is 41.4. The first-order chi connectivity index (χ1) is 24.4. The van der Waals surface area contributed by atoms with Crippen molar-refractivity contribution in [1.29, 1.82) is 0 Å². The molecule has 0 fully saturated rings. The van der Waals surface area contributed by atoms with Gasteiger partial charge in [0.1, 0.15) is 0 Å². The van der Waals surface area contributed by atoms with Gasteiger partial charge in [-0.2, -0.15) is 12.1 Å². The monoisotopic (exact) mass is 814 g/mol. The molecule has 0 unspecified atom stereocenters. The molecule has 52 heavy (non-hydrogen) atoms. The summed E-state index contributed by atoms with van der Waals surface area (Å²) in [7, 11) is 0. The molecule has 2 nitrogen and oxygen atoms in total. The first-order valence-corrected chi connectivity index (χ1v) is 24.2. The van der Waals surface area contributed by atoms with E-state index >= 15 is 0 Å². The Morgan fingerprint density at radius 3 is 1.37 bits per heavy atom. The van der Waals surface area contributed by atoms with Crippen molar-refractivity contribution in [2.75, 3.05) is 0 Å². The van der Waals surface area contributed by atoms with Crippen LogP contribution in [0.2, 0.25) is 13.1 Å². The third kappa shape index (κ3) is 10.4. The topological polar surface area (TPSA) is 25.8 Å². The first-order valence-electron chi connectivity index (χ1n) is 18.0. The van der Waals surface area contributed by atoms with E-state index in [-0.39, 0.29) is 30.2 Å². The van der Waals surface area contributed by atoms with Gasteiger partial charge in [-0.1, -0.05) is 99.2 Å². The van der Waals surface area contributed by atoms with Gasteiger partial charge in [0.2, 0.25) is 0 Å². The van der Waals surface area contributed by atoms with Gasteiger partial charge >= 0.3 is 41.9 Å². The van der Waals surface area contributed by atoms with E-state index in [1.807, 2.05) is 24.5 Å². The van der Waals surface area contributed by atoms with Crippen LogP contribution < -0.4 is 24.8 Å². The minimum absolute atomic E-state index is 0. The van der Waals surface area contributed by atoms with Crippen LogP contribution in [0.1, 0.15) is 50.7 Å². The molecular weight excluding hydrogens is 771 g/mol. The smallest absolute Gasteiger partial charge is 1.00 e. The molecule has 0 aliphatic heterocycles. The predicted octanol–water partition coefficient (Wildman–Crippen LogP) is 7.03. The molecule has 0 radical (unpaired) electrons. The molecule has 0 spiro atoms. The Hall–Kier alpha value is -3.40. The SMILES string of the molecule is CCCCc1cc2c(-c3cnc4ccccc4c3)cccc2[cH-]1.CCCCc1cc2c(-c3cnc4ccccc4c3)cccc2[cH-]1.C[Si](C)=[Zr+2].[Cl-].[Cl-]. The number of fused-ring (bicyclic) bond motifs is 4. The van der Waals surface area contributed by atoms with Gasteiger partial charge in [0.25, 0.3) is 0 Å². The van der Waals surface area contributed by atoms with E-state index < -0.39 is 0 Å². The molecule has 0 saturated carbocycles. The number of benzene rings is 4. The van der Waals surface area contributed by atoms with Gasteiger partial charge in [-0.15, -0.1) is 69.1 Å². The van der Waals surface area contributed by atoms with Gasteiger partial charge in [-0.05, 0) is 48.2 Å². The quantitative estimate of drug-likeness (QED) is 0.122. The Balaban J connectivity index is 0.000000204. The summed E-state index contributed by atoms with van der Waals surface area (Å²) in [6, 6.07) is 43.6. The Morgan fingerprint density at radius 2 is 0.962 bits per heavy atom. The molecule has 0 atom stereocenters. The van der Waals surface area contributed by atoms with Gasteiger partial charge in [-0.25, -0.2) is 0 Å². The number of aryl methyl sites for hydroxylation is 2. The second-order valence-electron chi connectivity index (χ2n) is 13.4. The number of hydrogen-bond donors (Lipinski definition) is 0. The van der Waals surface area contributed by atoms with E-state index in [0.717, 1.165) is 11.0 Å². The zero-order valence-corrected chi connectivity index (χ0v) is 35.6. The standard InChI is InChI=1S/2C22H20N.C2H6Si.2ClH.Zr/c2*1-2-3-7-16-12-17-9-6-10-20(21(17)13-16)19-14-18-8-4-5-11-22(18)23-15-19;1-3-2;;;/h2*4-6,8-15H,2-3,7H2,1H3;1-2H3;2*1H;/q2*-1;;;;+2/p-2. The molecule has 264 valence electrons. The summed E-state index contributed by atoms with van der Waals surface area (Å²) in [4.78, 5) is 9.24. The molecule has 0 aliphatic rings. The summed E-state index contributed by atoms with van der Waals surface area (Å²) in [6.45, 7) is 9.11. The number of rotatable bonds is 8. The zero-order valence-electron chi connectivity index (χ0n) is 30.6. The molecular formula is C46H46Cl2N2SiZr-2. The molecule has 0 amide bonds. The second kappa shape index (κ2) is 20.2. The number of unbranched alkanes of at least 4 members (excludes halogenated alkanes) is 2. The molecule has 6 aromatic carbocycles. The maximum absolute atomic E-state index is 4.62. The second-order valence-corrected chi connectivity index (χ2v) is 22.8. The van der Waals surface area contributed by atoms with Crippen LogP contribution in [-0.4, -0.2) is 15.4 Å². The number of hydrogen-bond acceptors (Lipinski definition) is 2. The molecule has 8 aromatic rings. The van der Waals surface area contributed by atoms with Gasteiger partial charge in [0.15, 0.2) is 0 Å². The Kier molecular flexibility index (Phi) is 16.0. The van der Waals surface area contributed by atoms with Crippen LogP contribution >= 0.6 is 0 Å². The van der Waals surface area contributed by atoms with E-state index in [4.69, 9.17) is 0 Å². The Morgan fingerprint density at radius 1 is 0.558 bits per heavy atom. The van der Waals surface area contributed by atoms with Crippen molar-refractivity contribution in [3.8, 4) is 22.3 Å². The van der Waals surface area contributed by atoms with Gasteiger partial charge in [-0.3, -0.25) is 9.97 Å². The van der Waals surface area contributed by atoms with E-state index in [1.165, 1.54) is 104 Å². The fourth-order valence-electron chi connectivity index (χ4n) is 6.58. The molecule has 0 N–H and O–H groups in total. The maximum Gasteiger partial charge on any atom is -1.00 e. The fourth-order valence-corrected chi connectivity index (χ4v) is 6.58. The average Bonchev–Trinajstić information content (AvgIpc) is 3.76. The van der Waals surface area contributed by atoms with Gasteiger partial charge in [0.05, 0.1) is 11.0 Å². The number of para-hydroxylation sites is 2. The van der Waals surface area contributed by atoms with Crippen LogP contribution in [0, 0.1) is 0 Å². The number of pyridine rings is 2. The van der Waals surface area contributed by atoms with Crippen molar-refractivity contribution in [3.05, 3.63) is 145 Å². The minimum Gasteiger partial charge on any atom is -1.00 e. The minimum atomic E-state index is 0. The summed E-state index contributed by atoms with van der Waals surface area (Å²) < 4.78 is 0. The van der Waals surface area contributed by atoms with Crippen LogP contribution in [0.4, 0.5) is 0 Å². The molecule has 8 rings (SSSR count). The van der Waals surface area contributed by atoms with Crippen molar-refractivity contribution in [1.82, 2.24) is 9.97 Å². The summed E-state index contributed by atoms with van der Waals surface area (Å²) in [5.74, 6) is 0. The van der Waals surface area contributed by atoms with Gasteiger partial charge in [0, 0.05) is 23.2 Å². The van der Waals surface area contributed by atoms with Crippen LogP contribution in [-0.2, 0) is 36.2 Å². The van der Waals surface area contributed by atoms with Gasteiger partial charge < -0.3 is 24.8 Å². The number of aromatic nitrogens is 2. The summed E-state index contributed by atoms with van der Waals surface area (Å²) in [5, 5.41) is 7.74. The van der Waals surface area contributed by atoms with Crippen molar-refractivity contribution in [3.63, 3.8) is 0 Å². The van der Waals surface area contributed by atoms with E-state index in [9.17, 15) is 0 Å². The molecule has 0 aliphatic carbocycles. The average molecular weight is 817 g/mol. The molecule has 0 bridgehead atoms. The third-order valence-electron chi connectivity index (χ3n) is 9.06. The van der Waals surface area contributed by atoms with Crippen molar-refractivity contribution in [2.24, 2.45) is 0 Å². The maximum atomic E-state index is 4.62. The predicted molar refractivity (Wildman–Crippen MR) is 215 cm³/mol. The molecule has 0 saturated heterocycles. The molecule has 2 aromatic heterocycles. The molecule has 2 heterocycles. The number of halogens is 2. The van der Waals surface area contributed by atoms with E-state index in [2.05, 4.69) is 146 Å². The van der Waals surface area contributed by atoms with Crippen LogP contribution in [0.3, 0.4) is 0 Å². The van der Waals surface area contributed by atoms with Crippen LogP contribution in [0.5, 0.6) is 0 Å². The normalized spacial score (nSPS) is 10.6. The van der Waals surface area contributed by atoms with Crippen LogP contribution in [0.25, 0.3) is 65.6 Å². The van der Waals surface area contributed by atoms with Crippen molar-refractivity contribution >= 4 is 48.8 Å². The van der Waals surface area contributed by atoms with E-state index in [1.54, 1.807) is 23.3 Å². The Labute approximate surface area is 337 Å². The summed E-state index contributed by atoms with van der Waals surface area (Å²) in [5.41, 5.74) is 10.2. The number of nitrogens with zero attached hydrogens (tertiary/aromatic N) is 2. The largest absolute Gasteiger partial charge is 1.00 e. The summed E-state index contributed by atoms with van der Waals surface area (Å²) in [6.07, 6.45) is 11.3. The zero-order chi connectivity index (χ0) is 34.9. The van der Waals surface area contributed by atoms with Crippen molar-refractivity contribution < 1.29 is 48.1 Å². The van der Waals surface area contributed by atoms with E-state index in [0.29, 0.717) is 0 Å².